The molecule has 0 spiro atoms. The predicted molar refractivity (Wildman–Crippen MR) is 99.4 cm³/mol. The van der Waals surface area contributed by atoms with E-state index in [2.05, 4.69) is 24.0 Å². The summed E-state index contributed by atoms with van der Waals surface area (Å²) in [6, 6.07) is 7.42. The number of methoxy groups -OCH3 is 2. The first-order chi connectivity index (χ1) is 12.4. The van der Waals surface area contributed by atoms with Crippen molar-refractivity contribution in [3.05, 3.63) is 30.0 Å². The third kappa shape index (κ3) is 3.39. The van der Waals surface area contributed by atoms with E-state index in [9.17, 15) is 4.79 Å². The maximum atomic E-state index is 12.8. The van der Waals surface area contributed by atoms with Crippen molar-refractivity contribution in [1.82, 2.24) is 15.1 Å². The molecule has 0 aliphatic carbocycles. The summed E-state index contributed by atoms with van der Waals surface area (Å²) in [5, 5.41) is 7.15. The molecular weight excluding hydrogens is 332 g/mol. The lowest BCUT2D eigenvalue weighted by atomic mass is 9.79. The second-order valence-corrected chi connectivity index (χ2v) is 7.35. The number of carbonyl (C=O) groups excluding carboxylic acids is 1. The van der Waals surface area contributed by atoms with Gasteiger partial charge in [-0.05, 0) is 36.1 Å². The molecule has 1 saturated heterocycles. The molecule has 3 rings (SSSR count). The van der Waals surface area contributed by atoms with Crippen LogP contribution in [0.25, 0.3) is 11.3 Å². The topological polar surface area (TPSA) is 93.5 Å². The van der Waals surface area contributed by atoms with Crippen LogP contribution in [0.4, 0.5) is 0 Å². The molecule has 1 fully saturated rings. The van der Waals surface area contributed by atoms with E-state index in [0.29, 0.717) is 36.0 Å². The standard InChI is InChI=1S/C19H26N4O3/c1-19(2)11-23(8-7-17(19)20)18(24)14-10-13(21-22-14)12-5-6-15(25-3)16(9-12)26-4/h5-6,9-10,17H,7-8,11,20H2,1-4H3,(H,21,22). The van der Waals surface area contributed by atoms with Crippen LogP contribution in [0.5, 0.6) is 11.5 Å². The molecule has 1 unspecified atom stereocenters. The highest BCUT2D eigenvalue weighted by atomic mass is 16.5. The molecule has 2 heterocycles. The Morgan fingerprint density at radius 2 is 2.00 bits per heavy atom. The Labute approximate surface area is 153 Å². The van der Waals surface area contributed by atoms with E-state index >= 15 is 0 Å². The quantitative estimate of drug-likeness (QED) is 0.875. The third-order valence-electron chi connectivity index (χ3n) is 5.09. The molecule has 1 aliphatic heterocycles. The number of hydrogen-bond acceptors (Lipinski definition) is 5. The minimum absolute atomic E-state index is 0.0517. The molecule has 26 heavy (non-hydrogen) atoms. The van der Waals surface area contributed by atoms with Gasteiger partial charge in [0.15, 0.2) is 11.5 Å². The zero-order chi connectivity index (χ0) is 18.9. The first kappa shape index (κ1) is 18.3. The number of aromatic nitrogens is 2. The smallest absolute Gasteiger partial charge is 0.271 e. The van der Waals surface area contributed by atoms with Crippen molar-refractivity contribution in [2.45, 2.75) is 26.3 Å². The van der Waals surface area contributed by atoms with Crippen LogP contribution in [0.3, 0.4) is 0 Å². The summed E-state index contributed by atoms with van der Waals surface area (Å²) in [7, 11) is 3.18. The van der Waals surface area contributed by atoms with E-state index < -0.39 is 0 Å². The lowest BCUT2D eigenvalue weighted by molar-refractivity contribution is 0.0527. The average Bonchev–Trinajstić information content (AvgIpc) is 3.12. The SMILES string of the molecule is COc1ccc(-c2cc(C(=O)N3CCC(N)C(C)(C)C3)[nH]n2)cc1OC. The molecule has 1 aromatic carbocycles. The number of nitrogens with one attached hydrogen (secondary N) is 1. The molecule has 2 aromatic rings. The molecule has 1 atom stereocenters. The number of aromatic amines is 1. The summed E-state index contributed by atoms with van der Waals surface area (Å²) in [4.78, 5) is 14.7. The van der Waals surface area contributed by atoms with E-state index in [1.54, 1.807) is 20.3 Å². The van der Waals surface area contributed by atoms with Gasteiger partial charge >= 0.3 is 0 Å². The van der Waals surface area contributed by atoms with Crippen molar-refractivity contribution in [2.24, 2.45) is 11.1 Å². The average molecular weight is 358 g/mol. The van der Waals surface area contributed by atoms with Crippen molar-refractivity contribution < 1.29 is 14.3 Å². The van der Waals surface area contributed by atoms with E-state index in [-0.39, 0.29) is 17.4 Å². The van der Waals surface area contributed by atoms with Crippen LogP contribution in [0.1, 0.15) is 30.8 Å². The van der Waals surface area contributed by atoms with Crippen molar-refractivity contribution in [3.63, 3.8) is 0 Å². The van der Waals surface area contributed by atoms with Gasteiger partial charge in [-0.15, -0.1) is 0 Å². The minimum Gasteiger partial charge on any atom is -0.493 e. The first-order valence-electron chi connectivity index (χ1n) is 8.68. The van der Waals surface area contributed by atoms with E-state index in [1.165, 1.54) is 0 Å². The van der Waals surface area contributed by atoms with Gasteiger partial charge in [-0.1, -0.05) is 13.8 Å². The Morgan fingerprint density at radius 1 is 1.27 bits per heavy atom. The lowest BCUT2D eigenvalue weighted by Crippen LogP contribution is -2.54. The zero-order valence-corrected chi connectivity index (χ0v) is 15.7. The van der Waals surface area contributed by atoms with E-state index in [0.717, 1.165) is 12.0 Å². The molecule has 7 heteroatoms. The van der Waals surface area contributed by atoms with Crippen LogP contribution >= 0.6 is 0 Å². The van der Waals surface area contributed by atoms with E-state index in [1.807, 2.05) is 23.1 Å². The lowest BCUT2D eigenvalue weighted by Gasteiger charge is -2.42. The molecular formula is C19H26N4O3. The van der Waals surface area contributed by atoms with Crippen LogP contribution < -0.4 is 15.2 Å². The minimum atomic E-state index is -0.0971. The number of hydrogen-bond donors (Lipinski definition) is 2. The molecule has 1 amide bonds. The number of carbonyl (C=O) groups is 1. The summed E-state index contributed by atoms with van der Waals surface area (Å²) in [5.41, 5.74) is 8.07. The van der Waals surface area contributed by atoms with E-state index in [4.69, 9.17) is 15.2 Å². The maximum Gasteiger partial charge on any atom is 0.271 e. The van der Waals surface area contributed by atoms with Gasteiger partial charge in [0.25, 0.3) is 5.91 Å². The highest BCUT2D eigenvalue weighted by Gasteiger charge is 2.36. The number of nitrogens with zero attached hydrogens (tertiary/aromatic N) is 2. The molecule has 7 nitrogen and oxygen atoms in total. The molecule has 1 aromatic heterocycles. The van der Waals surface area contributed by atoms with Gasteiger partial charge in [0, 0.05) is 24.7 Å². The number of piperidine rings is 1. The van der Waals surface area contributed by atoms with Gasteiger partial charge in [-0.2, -0.15) is 5.10 Å². The second-order valence-electron chi connectivity index (χ2n) is 7.35. The number of H-pyrrole nitrogens is 1. The van der Waals surface area contributed by atoms with Crippen LogP contribution in [0, 0.1) is 5.41 Å². The third-order valence-corrected chi connectivity index (χ3v) is 5.09. The maximum absolute atomic E-state index is 12.8. The normalized spacial score (nSPS) is 19.3. The Hall–Kier alpha value is -2.54. The highest BCUT2D eigenvalue weighted by molar-refractivity contribution is 5.93. The molecule has 3 N–H and O–H groups in total. The number of likely N-dealkylation sites (tertiary alicyclic amines) is 1. The second kappa shape index (κ2) is 6.99. The van der Waals surface area contributed by atoms with Crippen LogP contribution in [-0.2, 0) is 0 Å². The van der Waals surface area contributed by atoms with Gasteiger partial charge < -0.3 is 20.1 Å². The Morgan fingerprint density at radius 3 is 2.65 bits per heavy atom. The monoisotopic (exact) mass is 358 g/mol. The van der Waals surface area contributed by atoms with Crippen LogP contribution in [-0.4, -0.2) is 54.4 Å². The Bertz CT molecular complexity index is 800. The van der Waals surface area contributed by atoms with Gasteiger partial charge in [-0.25, -0.2) is 0 Å². The molecule has 0 saturated carbocycles. The van der Waals surface area contributed by atoms with Gasteiger partial charge in [0.1, 0.15) is 5.69 Å². The van der Waals surface area contributed by atoms with Crippen LogP contribution in [0.2, 0.25) is 0 Å². The van der Waals surface area contributed by atoms with Crippen molar-refractivity contribution in [2.75, 3.05) is 27.3 Å². The summed E-state index contributed by atoms with van der Waals surface area (Å²) in [6.07, 6.45) is 0.801. The molecule has 0 radical (unpaired) electrons. The molecule has 1 aliphatic rings. The molecule has 0 bridgehead atoms. The summed E-state index contributed by atoms with van der Waals surface area (Å²) >= 11 is 0. The molecule has 140 valence electrons. The highest BCUT2D eigenvalue weighted by Crippen LogP contribution is 2.32. The summed E-state index contributed by atoms with van der Waals surface area (Å²) in [5.74, 6) is 1.21. The predicted octanol–water partition coefficient (Wildman–Crippen LogP) is 2.29. The Balaban J connectivity index is 1.81. The van der Waals surface area contributed by atoms with Gasteiger partial charge in [-0.3, -0.25) is 9.89 Å². The fraction of sp³-hybridized carbons (Fsp3) is 0.474. The van der Waals surface area contributed by atoms with Crippen molar-refractivity contribution >= 4 is 5.91 Å². The van der Waals surface area contributed by atoms with Gasteiger partial charge in [0.05, 0.1) is 19.9 Å². The first-order valence-corrected chi connectivity index (χ1v) is 8.68. The number of benzene rings is 1. The fourth-order valence-electron chi connectivity index (χ4n) is 3.29. The number of ether oxygens (including phenoxy) is 2. The van der Waals surface area contributed by atoms with Crippen molar-refractivity contribution in [3.8, 4) is 22.8 Å². The van der Waals surface area contributed by atoms with Crippen LogP contribution in [0.15, 0.2) is 24.3 Å². The van der Waals surface area contributed by atoms with Crippen molar-refractivity contribution in [1.29, 1.82) is 0 Å². The number of amides is 1. The summed E-state index contributed by atoms with van der Waals surface area (Å²) < 4.78 is 10.6. The zero-order valence-electron chi connectivity index (χ0n) is 15.7. The largest absolute Gasteiger partial charge is 0.493 e. The number of nitrogens with two attached hydrogens (primary N) is 1. The fourth-order valence-corrected chi connectivity index (χ4v) is 3.29. The van der Waals surface area contributed by atoms with Gasteiger partial charge in [0.2, 0.25) is 0 Å². The summed E-state index contributed by atoms with van der Waals surface area (Å²) in [6.45, 7) is 5.49. The Kier molecular flexibility index (Phi) is 4.91. The number of rotatable bonds is 4.